The number of amides is 1. The molecule has 31 heavy (non-hydrogen) atoms. The second-order valence-electron chi connectivity index (χ2n) is 6.77. The average Bonchev–Trinajstić information content (AvgIpc) is 2.77. The maximum atomic E-state index is 13.0. The largest absolute Gasteiger partial charge is 0.494 e. The molecule has 0 spiro atoms. The Hall–Kier alpha value is -3.68. The number of nitrogens with zero attached hydrogens (tertiary/aromatic N) is 2. The van der Waals surface area contributed by atoms with Crippen LogP contribution in [0.2, 0.25) is 0 Å². The first-order valence-corrected chi connectivity index (χ1v) is 9.96. The Balaban J connectivity index is 1.50. The van der Waals surface area contributed by atoms with Crippen LogP contribution in [0.5, 0.6) is 11.5 Å². The van der Waals surface area contributed by atoms with Crippen LogP contribution >= 0.6 is 0 Å². The van der Waals surface area contributed by atoms with E-state index >= 15 is 0 Å². The van der Waals surface area contributed by atoms with Crippen molar-refractivity contribution in [2.24, 2.45) is 0 Å². The molecule has 1 amide bonds. The fraction of sp³-hybridized carbons (Fsp3) is 0.261. The van der Waals surface area contributed by atoms with E-state index in [9.17, 15) is 14.0 Å². The lowest BCUT2D eigenvalue weighted by molar-refractivity contribution is -0.127. The summed E-state index contributed by atoms with van der Waals surface area (Å²) in [4.78, 5) is 28.8. The normalized spacial score (nSPS) is 11.6. The molecule has 0 saturated heterocycles. The topological polar surface area (TPSA) is 82.4 Å². The van der Waals surface area contributed by atoms with E-state index in [1.165, 1.54) is 29.1 Å². The zero-order valence-electron chi connectivity index (χ0n) is 17.4. The summed E-state index contributed by atoms with van der Waals surface area (Å²) in [5.41, 5.74) is 0.851. The van der Waals surface area contributed by atoms with Crippen molar-refractivity contribution in [2.45, 2.75) is 26.5 Å². The Labute approximate surface area is 179 Å². The minimum absolute atomic E-state index is 0.243. The molecule has 1 atom stereocenters. The van der Waals surface area contributed by atoms with Crippen molar-refractivity contribution >= 4 is 5.91 Å². The molecular weight excluding hydrogens is 401 g/mol. The molecule has 7 nitrogen and oxygen atoms in total. The van der Waals surface area contributed by atoms with E-state index in [2.05, 4.69) is 10.3 Å². The second-order valence-corrected chi connectivity index (χ2v) is 6.77. The smallest absolute Gasteiger partial charge is 0.260 e. The van der Waals surface area contributed by atoms with Crippen LogP contribution in [0.3, 0.4) is 0 Å². The van der Waals surface area contributed by atoms with E-state index in [-0.39, 0.29) is 30.4 Å². The number of hydrogen-bond acceptors (Lipinski definition) is 5. The van der Waals surface area contributed by atoms with Gasteiger partial charge >= 0.3 is 0 Å². The minimum atomic E-state index is -0.700. The van der Waals surface area contributed by atoms with Gasteiger partial charge in [-0.25, -0.2) is 9.37 Å². The van der Waals surface area contributed by atoms with Gasteiger partial charge in [0, 0.05) is 24.7 Å². The van der Waals surface area contributed by atoms with Crippen LogP contribution < -0.4 is 20.3 Å². The van der Waals surface area contributed by atoms with E-state index < -0.39 is 6.10 Å². The van der Waals surface area contributed by atoms with Gasteiger partial charge < -0.3 is 14.8 Å². The summed E-state index contributed by atoms with van der Waals surface area (Å²) >= 11 is 0. The quantitative estimate of drug-likeness (QED) is 0.570. The number of halogens is 1. The zero-order chi connectivity index (χ0) is 22.2. The van der Waals surface area contributed by atoms with Gasteiger partial charge in [0.15, 0.2) is 6.10 Å². The average molecular weight is 425 g/mol. The number of aromatic nitrogens is 2. The fourth-order valence-electron chi connectivity index (χ4n) is 2.85. The van der Waals surface area contributed by atoms with Crippen LogP contribution in [0.15, 0.2) is 65.7 Å². The van der Waals surface area contributed by atoms with Crippen molar-refractivity contribution in [3.8, 4) is 22.8 Å². The van der Waals surface area contributed by atoms with Crippen LogP contribution in [-0.2, 0) is 11.3 Å². The molecule has 0 saturated carbocycles. The molecule has 1 aromatic heterocycles. The van der Waals surface area contributed by atoms with E-state index in [0.717, 1.165) is 5.75 Å². The van der Waals surface area contributed by atoms with E-state index in [0.29, 0.717) is 23.6 Å². The number of benzene rings is 2. The first-order chi connectivity index (χ1) is 15.0. The molecule has 1 unspecified atom stereocenters. The number of nitrogens with one attached hydrogen (secondary N) is 1. The molecule has 0 aliphatic rings. The Kier molecular flexibility index (Phi) is 7.37. The standard InChI is InChI=1S/C23H24FN3O4/c1-3-30-19-8-10-20(11-9-19)31-16(2)23(29)25-12-13-27-15-26-21(14-22(27)28)17-4-6-18(24)7-5-17/h4-11,14-16H,3,12-13H2,1-2H3,(H,25,29). The molecule has 0 radical (unpaired) electrons. The van der Waals surface area contributed by atoms with Crippen molar-refractivity contribution in [1.82, 2.24) is 14.9 Å². The van der Waals surface area contributed by atoms with Gasteiger partial charge in [-0.05, 0) is 62.4 Å². The fourth-order valence-corrected chi connectivity index (χ4v) is 2.85. The molecule has 0 aliphatic carbocycles. The molecule has 162 valence electrons. The second kappa shape index (κ2) is 10.4. The maximum absolute atomic E-state index is 13.0. The Bertz CT molecular complexity index is 1070. The van der Waals surface area contributed by atoms with Gasteiger partial charge in [-0.15, -0.1) is 0 Å². The first kappa shape index (κ1) is 22.0. The molecular formula is C23H24FN3O4. The van der Waals surface area contributed by atoms with E-state index in [1.807, 2.05) is 6.92 Å². The monoisotopic (exact) mass is 425 g/mol. The van der Waals surface area contributed by atoms with Gasteiger partial charge in [0.25, 0.3) is 11.5 Å². The van der Waals surface area contributed by atoms with Crippen molar-refractivity contribution in [3.63, 3.8) is 0 Å². The van der Waals surface area contributed by atoms with Crippen molar-refractivity contribution < 1.29 is 18.7 Å². The summed E-state index contributed by atoms with van der Waals surface area (Å²) in [5, 5.41) is 2.74. The molecule has 0 bridgehead atoms. The van der Waals surface area contributed by atoms with Gasteiger partial charge in [-0.1, -0.05) is 0 Å². The van der Waals surface area contributed by atoms with Gasteiger partial charge in [0.1, 0.15) is 17.3 Å². The van der Waals surface area contributed by atoms with Crippen LogP contribution in [0.4, 0.5) is 4.39 Å². The highest BCUT2D eigenvalue weighted by Crippen LogP contribution is 2.18. The van der Waals surface area contributed by atoms with Crippen LogP contribution in [0, 0.1) is 5.82 Å². The molecule has 8 heteroatoms. The maximum Gasteiger partial charge on any atom is 0.260 e. The molecule has 1 N–H and O–H groups in total. The highest BCUT2D eigenvalue weighted by molar-refractivity contribution is 5.80. The SMILES string of the molecule is CCOc1ccc(OC(C)C(=O)NCCn2cnc(-c3ccc(F)cc3)cc2=O)cc1. The Morgan fingerprint density at radius 2 is 1.81 bits per heavy atom. The predicted molar refractivity (Wildman–Crippen MR) is 115 cm³/mol. The molecule has 3 aromatic rings. The van der Waals surface area contributed by atoms with Gasteiger partial charge in [-0.3, -0.25) is 14.2 Å². The highest BCUT2D eigenvalue weighted by atomic mass is 19.1. The van der Waals surface area contributed by atoms with Gasteiger partial charge in [0.05, 0.1) is 18.6 Å². The third kappa shape index (κ3) is 6.15. The third-order valence-electron chi connectivity index (χ3n) is 4.49. The predicted octanol–water partition coefficient (Wildman–Crippen LogP) is 3.03. The zero-order valence-corrected chi connectivity index (χ0v) is 17.4. The lowest BCUT2D eigenvalue weighted by Gasteiger charge is -2.15. The lowest BCUT2D eigenvalue weighted by Crippen LogP contribution is -2.38. The summed E-state index contributed by atoms with van der Waals surface area (Å²) < 4.78 is 25.4. The summed E-state index contributed by atoms with van der Waals surface area (Å²) in [5.74, 6) is 0.644. The van der Waals surface area contributed by atoms with Crippen molar-refractivity contribution in [1.29, 1.82) is 0 Å². The Morgan fingerprint density at radius 1 is 1.13 bits per heavy atom. The summed E-state index contributed by atoms with van der Waals surface area (Å²) in [7, 11) is 0. The molecule has 1 heterocycles. The van der Waals surface area contributed by atoms with Crippen LogP contribution in [-0.4, -0.2) is 34.7 Å². The highest BCUT2D eigenvalue weighted by Gasteiger charge is 2.14. The van der Waals surface area contributed by atoms with Crippen molar-refractivity contribution in [3.05, 3.63) is 77.1 Å². The van der Waals surface area contributed by atoms with Gasteiger partial charge in [-0.2, -0.15) is 0 Å². The summed E-state index contributed by atoms with van der Waals surface area (Å²) in [6.45, 7) is 4.63. The van der Waals surface area contributed by atoms with Gasteiger partial charge in [0.2, 0.25) is 0 Å². The number of carbonyl (C=O) groups is 1. The Morgan fingerprint density at radius 3 is 2.45 bits per heavy atom. The molecule has 0 fully saturated rings. The molecule has 3 rings (SSSR count). The van der Waals surface area contributed by atoms with E-state index in [4.69, 9.17) is 9.47 Å². The van der Waals surface area contributed by atoms with Crippen LogP contribution in [0.25, 0.3) is 11.3 Å². The van der Waals surface area contributed by atoms with Crippen molar-refractivity contribution in [2.75, 3.05) is 13.2 Å². The number of rotatable bonds is 9. The number of hydrogen-bond donors (Lipinski definition) is 1. The third-order valence-corrected chi connectivity index (χ3v) is 4.49. The van der Waals surface area contributed by atoms with E-state index in [1.54, 1.807) is 43.3 Å². The van der Waals surface area contributed by atoms with Crippen LogP contribution in [0.1, 0.15) is 13.8 Å². The minimum Gasteiger partial charge on any atom is -0.494 e. The number of ether oxygens (including phenoxy) is 2. The first-order valence-electron chi connectivity index (χ1n) is 9.96. The lowest BCUT2D eigenvalue weighted by atomic mass is 10.1. The number of carbonyl (C=O) groups excluding carboxylic acids is 1. The summed E-state index contributed by atoms with van der Waals surface area (Å²) in [6.07, 6.45) is 0.709. The summed E-state index contributed by atoms with van der Waals surface area (Å²) in [6, 6.07) is 14.2. The molecule has 0 aliphatic heterocycles. The molecule has 2 aromatic carbocycles.